The summed E-state index contributed by atoms with van der Waals surface area (Å²) < 4.78 is 4.71. The third kappa shape index (κ3) is 3.66. The lowest BCUT2D eigenvalue weighted by atomic mass is 10.2. The smallest absolute Gasteiger partial charge is 0.341 e. The Kier molecular flexibility index (Phi) is 5.51. The Morgan fingerprint density at radius 1 is 1.54 bits per heavy atom. The topological polar surface area (TPSA) is 26.3 Å². The predicted molar refractivity (Wildman–Crippen MR) is 54.7 cm³/mol. The zero-order valence-corrected chi connectivity index (χ0v) is 8.78. The molecule has 4 heteroatoms. The molecule has 13 heavy (non-hydrogen) atoms. The maximum atomic E-state index is 11.2. The highest BCUT2D eigenvalue weighted by atomic mass is 35.5. The summed E-state index contributed by atoms with van der Waals surface area (Å²) in [5, 5.41) is 0.182. The molecule has 2 nitrogen and oxygen atoms in total. The van der Waals surface area contributed by atoms with E-state index in [1.807, 2.05) is 0 Å². The van der Waals surface area contributed by atoms with Crippen molar-refractivity contribution in [2.45, 2.75) is 6.92 Å². The van der Waals surface area contributed by atoms with Gasteiger partial charge in [-0.2, -0.15) is 0 Å². The Bertz CT molecular complexity index is 267. The molecule has 0 fully saturated rings. The van der Waals surface area contributed by atoms with Crippen LogP contribution in [0.3, 0.4) is 0 Å². The van der Waals surface area contributed by atoms with E-state index in [1.54, 1.807) is 6.92 Å². The van der Waals surface area contributed by atoms with Crippen LogP contribution in [-0.4, -0.2) is 12.6 Å². The van der Waals surface area contributed by atoms with Crippen molar-refractivity contribution in [3.05, 3.63) is 34.9 Å². The highest BCUT2D eigenvalue weighted by Gasteiger charge is 2.15. The fourth-order valence-electron chi connectivity index (χ4n) is 0.643. The third-order valence-corrected chi connectivity index (χ3v) is 1.70. The number of halogens is 2. The molecule has 0 N–H and O–H groups in total. The molecule has 0 aliphatic rings. The molecule has 0 atom stereocenters. The number of carbonyl (C=O) groups excluding carboxylic acids is 1. The maximum absolute atomic E-state index is 11.2. The van der Waals surface area contributed by atoms with Crippen LogP contribution in [0.15, 0.2) is 34.9 Å². The van der Waals surface area contributed by atoms with Gasteiger partial charge in [-0.15, -0.1) is 0 Å². The van der Waals surface area contributed by atoms with Crippen molar-refractivity contribution >= 4 is 29.2 Å². The average Bonchev–Trinajstić information content (AvgIpc) is 2.04. The van der Waals surface area contributed by atoms with Crippen molar-refractivity contribution in [2.24, 2.45) is 0 Å². The second-order valence-corrected chi connectivity index (χ2v) is 2.92. The summed E-state index contributed by atoms with van der Waals surface area (Å²) in [7, 11) is 0. The van der Waals surface area contributed by atoms with Gasteiger partial charge in [0.05, 0.1) is 17.2 Å². The van der Waals surface area contributed by atoms with Crippen LogP contribution < -0.4 is 0 Å². The largest absolute Gasteiger partial charge is 0.462 e. The Hall–Kier alpha value is -0.730. The van der Waals surface area contributed by atoms with Crippen LogP contribution in [0, 0.1) is 0 Å². The van der Waals surface area contributed by atoms with Crippen LogP contribution in [0.2, 0.25) is 0 Å². The summed E-state index contributed by atoms with van der Waals surface area (Å²) in [6.07, 6.45) is 1.31. The van der Waals surface area contributed by atoms with Gasteiger partial charge in [0.2, 0.25) is 0 Å². The van der Waals surface area contributed by atoms with E-state index in [0.29, 0.717) is 0 Å². The van der Waals surface area contributed by atoms with Crippen molar-refractivity contribution < 1.29 is 9.53 Å². The number of allylic oxidation sites excluding steroid dienone is 2. The molecule has 72 valence electrons. The zero-order chi connectivity index (χ0) is 10.4. The highest BCUT2D eigenvalue weighted by molar-refractivity contribution is 6.39. The fraction of sp³-hybridized carbons (Fsp3) is 0.222. The monoisotopic (exact) mass is 220 g/mol. The fourth-order valence-corrected chi connectivity index (χ4v) is 1.06. The number of hydrogen-bond donors (Lipinski definition) is 0. The van der Waals surface area contributed by atoms with E-state index in [1.165, 1.54) is 6.08 Å². The standard InChI is InChI=1S/C9H10Cl2O2/c1-4-7(11)8(6(3)10)9(12)13-5-2/h4H,1,3,5H2,2H3/b8-7-. The van der Waals surface area contributed by atoms with Gasteiger partial charge in [0.15, 0.2) is 0 Å². The van der Waals surface area contributed by atoms with E-state index in [9.17, 15) is 4.79 Å². The first-order valence-corrected chi connectivity index (χ1v) is 4.34. The lowest BCUT2D eigenvalue weighted by Crippen LogP contribution is -2.08. The van der Waals surface area contributed by atoms with Gasteiger partial charge in [0, 0.05) is 5.03 Å². The first kappa shape index (κ1) is 12.3. The minimum atomic E-state index is -0.590. The summed E-state index contributed by atoms with van der Waals surface area (Å²) in [4.78, 5) is 11.2. The summed E-state index contributed by atoms with van der Waals surface area (Å²) in [6.45, 7) is 8.76. The van der Waals surface area contributed by atoms with Crippen molar-refractivity contribution in [1.82, 2.24) is 0 Å². The molecule has 0 aliphatic carbocycles. The molecule has 0 unspecified atom stereocenters. The summed E-state index contributed by atoms with van der Waals surface area (Å²) in [5.74, 6) is -0.590. The molecule has 0 radical (unpaired) electrons. The van der Waals surface area contributed by atoms with Crippen LogP contribution in [0.4, 0.5) is 0 Å². The average molecular weight is 221 g/mol. The molecule has 0 aliphatic heterocycles. The Labute approximate surface area is 87.5 Å². The molecule has 0 aromatic carbocycles. The van der Waals surface area contributed by atoms with Crippen molar-refractivity contribution in [3.63, 3.8) is 0 Å². The highest BCUT2D eigenvalue weighted by Crippen LogP contribution is 2.21. The molecular weight excluding hydrogens is 211 g/mol. The lowest BCUT2D eigenvalue weighted by Gasteiger charge is -2.05. The SMILES string of the molecule is C=C/C(Cl)=C(\C(=C)Cl)C(=O)OCC. The molecular formula is C9H10Cl2O2. The van der Waals surface area contributed by atoms with E-state index < -0.39 is 5.97 Å². The molecule has 0 saturated carbocycles. The second-order valence-electron chi connectivity index (χ2n) is 2.05. The van der Waals surface area contributed by atoms with Gasteiger partial charge in [-0.25, -0.2) is 4.79 Å². The minimum Gasteiger partial charge on any atom is -0.462 e. The molecule has 0 saturated heterocycles. The third-order valence-electron chi connectivity index (χ3n) is 1.17. The normalized spacial score (nSPS) is 11.6. The van der Waals surface area contributed by atoms with Gasteiger partial charge in [-0.3, -0.25) is 0 Å². The van der Waals surface area contributed by atoms with Gasteiger partial charge in [-0.05, 0) is 13.0 Å². The van der Waals surface area contributed by atoms with Gasteiger partial charge < -0.3 is 4.74 Å². The van der Waals surface area contributed by atoms with Gasteiger partial charge in [0.1, 0.15) is 0 Å². The van der Waals surface area contributed by atoms with Crippen LogP contribution in [0.25, 0.3) is 0 Å². The summed E-state index contributed by atoms with van der Waals surface area (Å²) >= 11 is 11.2. The predicted octanol–water partition coefficient (Wildman–Crippen LogP) is 2.98. The molecule has 0 heterocycles. The second kappa shape index (κ2) is 5.84. The van der Waals surface area contributed by atoms with E-state index in [0.717, 1.165) is 0 Å². The Morgan fingerprint density at radius 2 is 2.08 bits per heavy atom. The lowest BCUT2D eigenvalue weighted by molar-refractivity contribution is -0.138. The van der Waals surface area contributed by atoms with Crippen molar-refractivity contribution in [2.75, 3.05) is 6.61 Å². The van der Waals surface area contributed by atoms with E-state index >= 15 is 0 Å². The molecule has 0 aromatic heterocycles. The molecule has 0 rings (SSSR count). The van der Waals surface area contributed by atoms with Crippen LogP contribution in [-0.2, 0) is 9.53 Å². The van der Waals surface area contributed by atoms with Crippen molar-refractivity contribution in [1.29, 1.82) is 0 Å². The molecule has 0 aromatic rings. The van der Waals surface area contributed by atoms with E-state index in [-0.39, 0.29) is 22.2 Å². The van der Waals surface area contributed by atoms with Gasteiger partial charge in [-0.1, -0.05) is 36.4 Å². The minimum absolute atomic E-state index is 0.0448. The van der Waals surface area contributed by atoms with Crippen molar-refractivity contribution in [3.8, 4) is 0 Å². The van der Waals surface area contributed by atoms with E-state index in [4.69, 9.17) is 27.9 Å². The molecule has 0 amide bonds. The van der Waals surface area contributed by atoms with Gasteiger partial charge >= 0.3 is 5.97 Å². The maximum Gasteiger partial charge on any atom is 0.341 e. The van der Waals surface area contributed by atoms with Crippen LogP contribution in [0.5, 0.6) is 0 Å². The van der Waals surface area contributed by atoms with Gasteiger partial charge in [0.25, 0.3) is 0 Å². The zero-order valence-electron chi connectivity index (χ0n) is 7.27. The van der Waals surface area contributed by atoms with Crippen LogP contribution in [0.1, 0.15) is 6.92 Å². The number of ether oxygens (including phenoxy) is 1. The summed E-state index contributed by atoms with van der Waals surface area (Å²) in [5.41, 5.74) is 0.0557. The summed E-state index contributed by atoms with van der Waals surface area (Å²) in [6, 6.07) is 0. The first-order valence-electron chi connectivity index (χ1n) is 3.58. The van der Waals surface area contributed by atoms with E-state index in [2.05, 4.69) is 13.2 Å². The number of carbonyl (C=O) groups is 1. The molecule has 0 bridgehead atoms. The number of hydrogen-bond acceptors (Lipinski definition) is 2. The number of esters is 1. The Balaban J connectivity index is 4.93. The number of rotatable bonds is 4. The molecule has 0 spiro atoms. The quantitative estimate of drug-likeness (QED) is 0.414. The Morgan fingerprint density at radius 3 is 2.38 bits per heavy atom. The van der Waals surface area contributed by atoms with Crippen LogP contribution >= 0.6 is 23.2 Å². The first-order chi connectivity index (χ1) is 6.04.